The summed E-state index contributed by atoms with van der Waals surface area (Å²) in [6.45, 7) is 14.7. The van der Waals surface area contributed by atoms with Gasteiger partial charge in [-0.15, -0.1) is 24.2 Å². The van der Waals surface area contributed by atoms with Gasteiger partial charge >= 0.3 is 21.7 Å². The van der Waals surface area contributed by atoms with Gasteiger partial charge in [0.05, 0.1) is 0 Å². The van der Waals surface area contributed by atoms with Crippen LogP contribution in [0.2, 0.25) is 0 Å². The van der Waals surface area contributed by atoms with Crippen molar-refractivity contribution in [3.05, 3.63) is 22.9 Å². The van der Waals surface area contributed by atoms with E-state index in [4.69, 9.17) is 22.9 Å². The van der Waals surface area contributed by atoms with Crippen molar-refractivity contribution in [1.29, 1.82) is 0 Å². The van der Waals surface area contributed by atoms with Crippen LogP contribution < -0.4 is 0 Å². The maximum Gasteiger partial charge on any atom is 4.00 e. The molecule has 0 aromatic rings. The number of hydrogen-bond donors (Lipinski definition) is 0. The van der Waals surface area contributed by atoms with E-state index in [1.54, 1.807) is 0 Å². The molecule has 0 aliphatic rings. The first kappa shape index (κ1) is 30.5. The van der Waals surface area contributed by atoms with Crippen molar-refractivity contribution in [2.75, 3.05) is 0 Å². The van der Waals surface area contributed by atoms with Crippen LogP contribution in [0.1, 0.15) is 55.4 Å². The van der Waals surface area contributed by atoms with Gasteiger partial charge < -0.3 is 22.9 Å². The minimum Gasteiger partial charge on any atom is -0.675 e. The van der Waals surface area contributed by atoms with Crippen LogP contribution in [0.15, 0.2) is 0 Å². The molecule has 5 heteroatoms. The first-order valence-corrected chi connectivity index (χ1v) is 5.77. The Morgan fingerprint density at radius 3 is 0.412 bits per heavy atom. The quantitative estimate of drug-likeness (QED) is 0.502. The fourth-order valence-electron chi connectivity index (χ4n) is 0. The van der Waals surface area contributed by atoms with Crippen LogP contribution in [-0.4, -0.2) is 24.2 Å². The van der Waals surface area contributed by atoms with Gasteiger partial charge in [0.15, 0.2) is 0 Å². The summed E-state index contributed by atoms with van der Waals surface area (Å²) in [5, 5.41) is 0. The molecule has 0 heterocycles. The Kier molecular flexibility index (Phi) is 45.6. The van der Waals surface area contributed by atoms with Crippen LogP contribution >= 0.6 is 0 Å². The predicted molar refractivity (Wildman–Crippen MR) is 77.8 cm³/mol. The van der Waals surface area contributed by atoms with Crippen molar-refractivity contribution < 1.29 is 21.7 Å². The molecule has 17 heavy (non-hydrogen) atoms. The third-order valence-corrected chi connectivity index (χ3v) is 0. The molecular formula is C12H32N4Ti. The summed E-state index contributed by atoms with van der Waals surface area (Å²) in [5.41, 5.74) is 26.3. The van der Waals surface area contributed by atoms with E-state index in [0.29, 0.717) is 0 Å². The van der Waals surface area contributed by atoms with E-state index >= 15 is 0 Å². The summed E-state index contributed by atoms with van der Waals surface area (Å²) in [5.74, 6) is 0. The molecule has 0 aromatic heterocycles. The summed E-state index contributed by atoms with van der Waals surface area (Å²) < 4.78 is 0. The Morgan fingerprint density at radius 2 is 0.412 bits per heavy atom. The van der Waals surface area contributed by atoms with Gasteiger partial charge in [0, 0.05) is 0 Å². The fraction of sp³-hybridized carbons (Fsp3) is 1.00. The zero-order valence-corrected chi connectivity index (χ0v) is 14.4. The predicted octanol–water partition coefficient (Wildman–Crippen LogP) is 5.79. The minimum absolute atomic E-state index is 0. The number of nitrogens with one attached hydrogen (secondary N) is 4. The van der Waals surface area contributed by atoms with Crippen molar-refractivity contribution in [2.45, 2.75) is 79.6 Å². The molecule has 0 rings (SSSR count). The molecule has 0 saturated heterocycles. The van der Waals surface area contributed by atoms with E-state index in [1.807, 2.05) is 55.4 Å². The molecular weight excluding hydrogens is 248 g/mol. The summed E-state index contributed by atoms with van der Waals surface area (Å²) in [6, 6.07) is 0.333. The topological polar surface area (TPSA) is 95.2 Å². The van der Waals surface area contributed by atoms with E-state index in [-0.39, 0.29) is 45.9 Å². The molecule has 4 N–H and O–H groups in total. The summed E-state index contributed by atoms with van der Waals surface area (Å²) in [6.07, 6.45) is 0. The molecule has 0 saturated carbocycles. The van der Waals surface area contributed by atoms with Gasteiger partial charge in [0.25, 0.3) is 0 Å². The van der Waals surface area contributed by atoms with Crippen LogP contribution in [0.3, 0.4) is 0 Å². The minimum atomic E-state index is 0. The standard InChI is InChI=1S/4C3H8N.Ti/c4*1-3(2)4;/h4*3-4H,1-2H3;/q4*-1;+4. The van der Waals surface area contributed by atoms with Gasteiger partial charge in [0.1, 0.15) is 0 Å². The fourth-order valence-corrected chi connectivity index (χ4v) is 0. The summed E-state index contributed by atoms with van der Waals surface area (Å²) >= 11 is 0. The van der Waals surface area contributed by atoms with Gasteiger partial charge in [-0.2, -0.15) is 0 Å². The molecule has 0 aliphatic carbocycles. The maximum absolute atomic E-state index is 6.58. The second-order valence-electron chi connectivity index (χ2n) is 4.62. The Bertz CT molecular complexity index is 61.5. The van der Waals surface area contributed by atoms with E-state index < -0.39 is 0 Å². The normalized spacial score (nSPS) is 8.47. The molecule has 0 fully saturated rings. The van der Waals surface area contributed by atoms with Crippen molar-refractivity contribution in [3.8, 4) is 0 Å². The van der Waals surface area contributed by atoms with Crippen LogP contribution in [0.25, 0.3) is 22.9 Å². The number of hydrogen-bond acceptors (Lipinski definition) is 0. The third kappa shape index (κ3) is 11400. The molecule has 4 nitrogen and oxygen atoms in total. The van der Waals surface area contributed by atoms with Crippen molar-refractivity contribution >= 4 is 0 Å². The molecule has 0 aromatic carbocycles. The third-order valence-electron chi connectivity index (χ3n) is 0. The second-order valence-corrected chi connectivity index (χ2v) is 4.62. The molecule has 0 spiro atoms. The zero-order valence-electron chi connectivity index (χ0n) is 12.8. The number of rotatable bonds is 0. The molecule has 0 unspecified atom stereocenters. The van der Waals surface area contributed by atoms with Gasteiger partial charge in [-0.25, -0.2) is 0 Å². The van der Waals surface area contributed by atoms with Crippen LogP contribution in [0, 0.1) is 0 Å². The SMILES string of the molecule is CC(C)[NH-].CC(C)[NH-].CC(C)[NH-].CC(C)[NH-].[Ti+4]. The summed E-state index contributed by atoms with van der Waals surface area (Å²) in [7, 11) is 0. The van der Waals surface area contributed by atoms with Gasteiger partial charge in [-0.3, -0.25) is 0 Å². The van der Waals surface area contributed by atoms with E-state index in [9.17, 15) is 0 Å². The maximum atomic E-state index is 6.58. The van der Waals surface area contributed by atoms with Crippen LogP contribution in [0.5, 0.6) is 0 Å². The van der Waals surface area contributed by atoms with Crippen molar-refractivity contribution in [3.63, 3.8) is 0 Å². The van der Waals surface area contributed by atoms with Gasteiger partial charge in [-0.1, -0.05) is 55.4 Å². The molecule has 0 bridgehead atoms. The molecule has 0 amide bonds. The Labute approximate surface area is 124 Å². The van der Waals surface area contributed by atoms with Crippen molar-refractivity contribution in [1.82, 2.24) is 0 Å². The Morgan fingerprint density at radius 1 is 0.412 bits per heavy atom. The van der Waals surface area contributed by atoms with Crippen LogP contribution in [-0.2, 0) is 21.7 Å². The Hall–Kier alpha value is 0.554. The molecule has 104 valence electrons. The van der Waals surface area contributed by atoms with Crippen LogP contribution in [0.4, 0.5) is 0 Å². The molecule has 0 atom stereocenters. The van der Waals surface area contributed by atoms with E-state index in [2.05, 4.69) is 0 Å². The van der Waals surface area contributed by atoms with E-state index in [1.165, 1.54) is 0 Å². The monoisotopic (exact) mass is 280 g/mol. The second kappa shape index (κ2) is 25.4. The largest absolute Gasteiger partial charge is 4.00 e. The van der Waals surface area contributed by atoms with Gasteiger partial charge in [0.2, 0.25) is 0 Å². The average molecular weight is 280 g/mol. The summed E-state index contributed by atoms with van der Waals surface area (Å²) in [4.78, 5) is 0. The smallest absolute Gasteiger partial charge is 0.675 e. The van der Waals surface area contributed by atoms with E-state index in [0.717, 1.165) is 0 Å². The molecule has 0 radical (unpaired) electrons. The first-order valence-electron chi connectivity index (χ1n) is 5.77. The first-order chi connectivity index (χ1) is 6.93. The van der Waals surface area contributed by atoms with Crippen molar-refractivity contribution in [2.24, 2.45) is 0 Å². The average Bonchev–Trinajstić information content (AvgIpc) is 1.76. The zero-order chi connectivity index (χ0) is 14.3. The van der Waals surface area contributed by atoms with Gasteiger partial charge in [-0.05, 0) is 0 Å². The Balaban J connectivity index is -0.0000000369. The molecule has 0 aliphatic heterocycles.